The smallest absolute Gasteiger partial charge is 0.143 e. The predicted octanol–water partition coefficient (Wildman–Crippen LogP) is 2.75. The number of benzene rings is 2. The molecule has 0 aliphatic heterocycles. The quantitative estimate of drug-likeness (QED) is 0.720. The number of aromatic nitrogens is 4. The summed E-state index contributed by atoms with van der Waals surface area (Å²) in [5.41, 5.74) is 2.06. The zero-order valence-corrected chi connectivity index (χ0v) is 11.3. The van der Waals surface area contributed by atoms with Gasteiger partial charge >= 0.3 is 0 Å². The summed E-state index contributed by atoms with van der Waals surface area (Å²) < 4.78 is 7.25. The lowest BCUT2D eigenvalue weighted by Gasteiger charge is -2.04. The molecule has 0 aliphatic carbocycles. The van der Waals surface area contributed by atoms with Crippen LogP contribution < -0.4 is 4.74 Å². The Morgan fingerprint density at radius 1 is 1.00 bits per heavy atom. The van der Waals surface area contributed by atoms with E-state index in [-0.39, 0.29) is 0 Å². The average Bonchev–Trinajstić information content (AvgIpc) is 3.08. The van der Waals surface area contributed by atoms with Crippen molar-refractivity contribution in [2.75, 3.05) is 6.61 Å². The Hall–Kier alpha value is -2.95. The van der Waals surface area contributed by atoms with E-state index in [1.807, 2.05) is 54.6 Å². The zero-order chi connectivity index (χ0) is 14.3. The number of nitrogens with zero attached hydrogens (tertiary/aromatic N) is 4. The van der Waals surface area contributed by atoms with Gasteiger partial charge in [0.05, 0.1) is 5.69 Å². The van der Waals surface area contributed by atoms with Crippen LogP contribution in [0.25, 0.3) is 11.8 Å². The van der Waals surface area contributed by atoms with Gasteiger partial charge in [0.25, 0.3) is 0 Å². The second-order valence-corrected chi connectivity index (χ2v) is 4.37. The molecule has 1 heterocycles. The topological polar surface area (TPSA) is 52.8 Å². The zero-order valence-electron chi connectivity index (χ0n) is 11.3. The van der Waals surface area contributed by atoms with Crippen molar-refractivity contribution in [3.8, 4) is 11.4 Å². The molecule has 0 aliphatic rings. The fraction of sp³-hybridized carbons (Fsp3) is 0.0625. The van der Waals surface area contributed by atoms with Crippen LogP contribution in [0.4, 0.5) is 0 Å². The lowest BCUT2D eigenvalue weighted by Crippen LogP contribution is -1.96. The highest BCUT2D eigenvalue weighted by Gasteiger charge is 1.98. The number of hydrogen-bond donors (Lipinski definition) is 0. The summed E-state index contributed by atoms with van der Waals surface area (Å²) in [4.78, 5) is 0. The van der Waals surface area contributed by atoms with Gasteiger partial charge in [0.15, 0.2) is 0 Å². The summed E-state index contributed by atoms with van der Waals surface area (Å²) in [5.74, 6) is 0.810. The van der Waals surface area contributed by atoms with Crippen LogP contribution in [-0.2, 0) is 0 Å². The highest BCUT2D eigenvalue weighted by atomic mass is 16.5. The lowest BCUT2D eigenvalue weighted by atomic mass is 10.2. The number of tetrazole rings is 1. The van der Waals surface area contributed by atoms with Gasteiger partial charge in [-0.25, -0.2) is 4.68 Å². The van der Waals surface area contributed by atoms with Crippen molar-refractivity contribution in [1.82, 2.24) is 20.2 Å². The number of rotatable bonds is 5. The normalized spacial score (nSPS) is 10.9. The molecule has 0 N–H and O–H groups in total. The first kappa shape index (κ1) is 13.1. The van der Waals surface area contributed by atoms with E-state index in [4.69, 9.17) is 4.74 Å². The van der Waals surface area contributed by atoms with E-state index < -0.39 is 0 Å². The third-order valence-corrected chi connectivity index (χ3v) is 2.91. The van der Waals surface area contributed by atoms with Crippen LogP contribution in [0.5, 0.6) is 5.75 Å². The van der Waals surface area contributed by atoms with Gasteiger partial charge in [-0.2, -0.15) is 0 Å². The fourth-order valence-corrected chi connectivity index (χ4v) is 1.87. The van der Waals surface area contributed by atoms with E-state index >= 15 is 0 Å². The minimum Gasteiger partial charge on any atom is -0.490 e. The summed E-state index contributed by atoms with van der Waals surface area (Å²) in [7, 11) is 0. The third-order valence-electron chi connectivity index (χ3n) is 2.91. The van der Waals surface area contributed by atoms with Crippen molar-refractivity contribution in [3.05, 3.63) is 72.6 Å². The predicted molar refractivity (Wildman–Crippen MR) is 80.1 cm³/mol. The first-order valence-electron chi connectivity index (χ1n) is 6.60. The molecule has 0 unspecified atom stereocenters. The molecule has 5 heteroatoms. The Bertz CT molecular complexity index is 691. The minimum absolute atomic E-state index is 0.527. The van der Waals surface area contributed by atoms with Crippen molar-refractivity contribution in [3.63, 3.8) is 0 Å². The molecule has 0 saturated heterocycles. The minimum atomic E-state index is 0.527. The summed E-state index contributed by atoms with van der Waals surface area (Å²) in [6.45, 7) is 0.527. The summed E-state index contributed by atoms with van der Waals surface area (Å²) in [5, 5.41) is 11.0. The van der Waals surface area contributed by atoms with Crippen LogP contribution in [0, 0.1) is 0 Å². The molecule has 0 fully saturated rings. The van der Waals surface area contributed by atoms with E-state index in [1.165, 1.54) is 0 Å². The Morgan fingerprint density at radius 2 is 1.81 bits per heavy atom. The molecule has 0 radical (unpaired) electrons. The summed E-state index contributed by atoms with van der Waals surface area (Å²) >= 11 is 0. The van der Waals surface area contributed by atoms with Gasteiger partial charge in [-0.05, 0) is 46.3 Å². The first-order valence-corrected chi connectivity index (χ1v) is 6.60. The van der Waals surface area contributed by atoms with E-state index in [2.05, 4.69) is 27.7 Å². The Kier molecular flexibility index (Phi) is 4.02. The number of ether oxygens (including phenoxy) is 1. The molecule has 0 bridgehead atoms. The summed E-state index contributed by atoms with van der Waals surface area (Å²) in [6.07, 6.45) is 5.58. The van der Waals surface area contributed by atoms with Crippen molar-refractivity contribution in [2.24, 2.45) is 0 Å². The maximum atomic E-state index is 5.65. The molecule has 104 valence electrons. The van der Waals surface area contributed by atoms with Gasteiger partial charge in [-0.15, -0.1) is 5.10 Å². The maximum Gasteiger partial charge on any atom is 0.143 e. The Morgan fingerprint density at radius 3 is 2.52 bits per heavy atom. The van der Waals surface area contributed by atoms with Gasteiger partial charge < -0.3 is 4.74 Å². The number of hydrogen-bond acceptors (Lipinski definition) is 4. The van der Waals surface area contributed by atoms with E-state index in [0.29, 0.717) is 6.61 Å². The van der Waals surface area contributed by atoms with Crippen LogP contribution >= 0.6 is 0 Å². The second kappa shape index (κ2) is 6.47. The molecule has 1 aromatic heterocycles. The Labute approximate surface area is 122 Å². The molecule has 0 atom stereocenters. The molecule has 0 saturated carbocycles. The first-order chi connectivity index (χ1) is 10.4. The Balaban J connectivity index is 1.55. The van der Waals surface area contributed by atoms with Crippen molar-refractivity contribution < 1.29 is 4.74 Å². The molecule has 21 heavy (non-hydrogen) atoms. The lowest BCUT2D eigenvalue weighted by molar-refractivity contribution is 0.363. The highest BCUT2D eigenvalue weighted by Crippen LogP contribution is 2.14. The molecule has 5 nitrogen and oxygen atoms in total. The van der Waals surface area contributed by atoms with Crippen molar-refractivity contribution in [1.29, 1.82) is 0 Å². The van der Waals surface area contributed by atoms with Gasteiger partial charge in [0.2, 0.25) is 0 Å². The largest absolute Gasteiger partial charge is 0.490 e. The van der Waals surface area contributed by atoms with E-state index in [9.17, 15) is 0 Å². The third kappa shape index (κ3) is 3.54. The van der Waals surface area contributed by atoms with Crippen molar-refractivity contribution in [2.45, 2.75) is 0 Å². The van der Waals surface area contributed by atoms with Crippen molar-refractivity contribution >= 4 is 6.08 Å². The molecule has 3 rings (SSSR count). The van der Waals surface area contributed by atoms with E-state index in [0.717, 1.165) is 17.0 Å². The fourth-order valence-electron chi connectivity index (χ4n) is 1.87. The van der Waals surface area contributed by atoms with E-state index in [1.54, 1.807) is 11.0 Å². The van der Waals surface area contributed by atoms with Crippen LogP contribution in [0.1, 0.15) is 5.56 Å². The van der Waals surface area contributed by atoms with Gasteiger partial charge in [-0.1, -0.05) is 36.4 Å². The van der Waals surface area contributed by atoms with Crippen LogP contribution in [-0.4, -0.2) is 26.8 Å². The van der Waals surface area contributed by atoms with Gasteiger partial charge in [0.1, 0.15) is 18.7 Å². The monoisotopic (exact) mass is 278 g/mol. The SMILES string of the molecule is C(=C\c1ccccc1)/COc1ccc(-n2cnnn2)cc1. The average molecular weight is 278 g/mol. The summed E-state index contributed by atoms with van der Waals surface area (Å²) in [6, 6.07) is 17.7. The maximum absolute atomic E-state index is 5.65. The van der Waals surface area contributed by atoms with Crippen LogP contribution in [0.2, 0.25) is 0 Å². The molecular formula is C16H14N4O. The molecule has 0 spiro atoms. The molecular weight excluding hydrogens is 264 g/mol. The molecule has 3 aromatic rings. The second-order valence-electron chi connectivity index (χ2n) is 4.37. The molecule has 0 amide bonds. The van der Waals surface area contributed by atoms with Gasteiger partial charge in [0, 0.05) is 0 Å². The van der Waals surface area contributed by atoms with Crippen LogP contribution in [0.15, 0.2) is 67.0 Å². The standard InChI is InChI=1S/C16H14N4O/c1-2-5-14(6-3-1)7-4-12-21-16-10-8-15(9-11-16)20-13-17-18-19-20/h1-11,13H,12H2/b7-4+. The van der Waals surface area contributed by atoms with Gasteiger partial charge in [-0.3, -0.25) is 0 Å². The molecule has 2 aromatic carbocycles. The van der Waals surface area contributed by atoms with Crippen LogP contribution in [0.3, 0.4) is 0 Å². The highest BCUT2D eigenvalue weighted by molar-refractivity contribution is 5.48.